The summed E-state index contributed by atoms with van der Waals surface area (Å²) in [6, 6.07) is 32.4. The van der Waals surface area contributed by atoms with E-state index in [4.69, 9.17) is 28.9 Å². The highest BCUT2D eigenvalue weighted by atomic mass is 16.5. The smallest absolute Gasteiger partial charge is 0.200 e. The molecule has 0 saturated carbocycles. The minimum Gasteiger partial charge on any atom is -0.377 e. The van der Waals surface area contributed by atoms with E-state index in [-0.39, 0.29) is 0 Å². The number of benzene rings is 4. The quantitative estimate of drug-likeness (QED) is 0.171. The number of nitrogens with zero attached hydrogens (tertiary/aromatic N) is 2. The molecule has 7 rings (SSSR count). The van der Waals surface area contributed by atoms with Crippen LogP contribution in [-0.2, 0) is 45.4 Å². The summed E-state index contributed by atoms with van der Waals surface area (Å²) in [5, 5.41) is 14.1. The van der Waals surface area contributed by atoms with Crippen LogP contribution in [0.15, 0.2) is 107 Å². The fourth-order valence-electron chi connectivity index (χ4n) is 5.11. The van der Waals surface area contributed by atoms with E-state index in [1.54, 1.807) is 0 Å². The van der Waals surface area contributed by atoms with E-state index in [1.165, 1.54) is 0 Å². The molecule has 46 heavy (non-hydrogen) atoms. The van der Waals surface area contributed by atoms with Crippen LogP contribution in [0.3, 0.4) is 0 Å². The molecule has 4 aromatic rings. The van der Waals surface area contributed by atoms with Gasteiger partial charge in [0, 0.05) is 45.0 Å². The molecular formula is C36H40N6O4. The normalized spacial score (nSPS) is 16.9. The third-order valence-electron chi connectivity index (χ3n) is 7.50. The van der Waals surface area contributed by atoms with Gasteiger partial charge in [-0.05, 0) is 24.3 Å². The van der Waals surface area contributed by atoms with Gasteiger partial charge in [0.1, 0.15) is 0 Å². The van der Waals surface area contributed by atoms with Gasteiger partial charge in [0.05, 0.1) is 65.9 Å². The first-order chi connectivity index (χ1) is 22.8. The van der Waals surface area contributed by atoms with E-state index in [1.807, 2.05) is 72.8 Å². The largest absolute Gasteiger partial charge is 0.377 e. The second-order valence-corrected chi connectivity index (χ2v) is 10.8. The predicted octanol–water partition coefficient (Wildman–Crippen LogP) is 6.24. The summed E-state index contributed by atoms with van der Waals surface area (Å²) in [5.74, 6) is 1.21. The molecule has 0 amide bonds. The average Bonchev–Trinajstić information content (AvgIpc) is 3.07. The maximum Gasteiger partial charge on any atom is 0.200 e. The van der Waals surface area contributed by atoms with E-state index in [2.05, 4.69) is 45.5 Å². The number of anilines is 4. The molecule has 10 nitrogen and oxygen atoms in total. The number of para-hydroxylation sites is 4. The van der Waals surface area contributed by atoms with Crippen molar-refractivity contribution in [2.24, 2.45) is 9.98 Å². The van der Waals surface area contributed by atoms with Crippen LogP contribution < -0.4 is 21.3 Å². The first-order valence-corrected chi connectivity index (χ1v) is 15.6. The SMILES string of the molecule is c1ccc2c(c1)COCc1ccccc1NC1=NCCOCCOCCN=C(N2)Nc2ccccc2COCc2ccccc2N1. The second-order valence-electron chi connectivity index (χ2n) is 10.8. The summed E-state index contributed by atoms with van der Waals surface area (Å²) >= 11 is 0. The van der Waals surface area contributed by atoms with Crippen molar-refractivity contribution in [3.05, 3.63) is 119 Å². The van der Waals surface area contributed by atoms with E-state index < -0.39 is 0 Å². The summed E-state index contributed by atoms with van der Waals surface area (Å²) in [6.07, 6.45) is 0. The molecule has 0 spiro atoms. The van der Waals surface area contributed by atoms with Crippen molar-refractivity contribution in [3.63, 3.8) is 0 Å². The molecule has 4 N–H and O–H groups in total. The van der Waals surface area contributed by atoms with Gasteiger partial charge in [-0.3, -0.25) is 9.98 Å². The fraction of sp³-hybridized carbons (Fsp3) is 0.278. The number of aliphatic imine (C=N–C) groups is 2. The van der Waals surface area contributed by atoms with Crippen molar-refractivity contribution in [1.29, 1.82) is 0 Å². The zero-order valence-corrected chi connectivity index (χ0v) is 25.8. The van der Waals surface area contributed by atoms with Gasteiger partial charge in [0.15, 0.2) is 11.9 Å². The van der Waals surface area contributed by atoms with Crippen LogP contribution >= 0.6 is 0 Å². The Morgan fingerprint density at radius 2 is 0.674 bits per heavy atom. The number of hydrogen-bond acceptors (Lipinski definition) is 10. The van der Waals surface area contributed by atoms with Gasteiger partial charge in [-0.2, -0.15) is 0 Å². The van der Waals surface area contributed by atoms with Crippen molar-refractivity contribution < 1.29 is 18.9 Å². The molecule has 3 aliphatic rings. The Labute approximate surface area is 269 Å². The Morgan fingerprint density at radius 1 is 0.370 bits per heavy atom. The molecule has 4 aromatic carbocycles. The average molecular weight is 621 g/mol. The topological polar surface area (TPSA) is 110 Å². The fourth-order valence-corrected chi connectivity index (χ4v) is 5.11. The lowest BCUT2D eigenvalue weighted by molar-refractivity contribution is 0.0541. The molecule has 10 heteroatoms. The maximum absolute atomic E-state index is 6.30. The molecule has 238 valence electrons. The number of guanidine groups is 2. The Morgan fingerprint density at radius 3 is 1.00 bits per heavy atom. The summed E-state index contributed by atoms with van der Waals surface area (Å²) < 4.78 is 24.2. The number of nitrogens with one attached hydrogen (secondary N) is 4. The number of rotatable bonds is 0. The van der Waals surface area contributed by atoms with E-state index in [9.17, 15) is 0 Å². The Kier molecular flexibility index (Phi) is 11.2. The molecule has 3 heterocycles. The predicted molar refractivity (Wildman–Crippen MR) is 183 cm³/mol. The first kappa shape index (κ1) is 31.3. The second kappa shape index (κ2) is 16.5. The van der Waals surface area contributed by atoms with Gasteiger partial charge >= 0.3 is 0 Å². The van der Waals surface area contributed by atoms with Crippen molar-refractivity contribution in [1.82, 2.24) is 0 Å². The molecular weight excluding hydrogens is 580 g/mol. The molecule has 3 aliphatic heterocycles. The van der Waals surface area contributed by atoms with E-state index in [0.717, 1.165) is 45.0 Å². The molecule has 0 atom stereocenters. The Balaban J connectivity index is 1.39. The monoisotopic (exact) mass is 620 g/mol. The van der Waals surface area contributed by atoms with Crippen molar-refractivity contribution >= 4 is 34.7 Å². The highest BCUT2D eigenvalue weighted by Gasteiger charge is 2.13. The minimum absolute atomic E-state index is 0.405. The Bertz CT molecular complexity index is 1420. The Hall–Kier alpha value is -4.74. The standard InChI is InChI=1S/C36H40N6O4/c1-5-13-31-27(9-1)23-45-24-28-10-2-6-14-32(28)41-36-38-18-20-44-22-21-43-19-17-37-35(39-31)40-33-15-7-3-11-29(33)25-46-26-30-12-4-8-16-34(30)42-36/h1-16H,17-26H2,(H2,37,39,40)(H2,38,41,42). The molecule has 0 aromatic heterocycles. The summed E-state index contributed by atoms with van der Waals surface area (Å²) in [5.41, 5.74) is 7.64. The lowest BCUT2D eigenvalue weighted by Crippen LogP contribution is -2.25. The summed E-state index contributed by atoms with van der Waals surface area (Å²) in [7, 11) is 0. The third-order valence-corrected chi connectivity index (χ3v) is 7.50. The maximum atomic E-state index is 6.30. The molecule has 0 radical (unpaired) electrons. The molecule has 0 aliphatic carbocycles. The molecule has 0 fully saturated rings. The molecule has 2 bridgehead atoms. The van der Waals surface area contributed by atoms with Crippen molar-refractivity contribution in [2.75, 3.05) is 60.8 Å². The number of hydrogen-bond donors (Lipinski definition) is 4. The minimum atomic E-state index is 0.405. The first-order valence-electron chi connectivity index (χ1n) is 15.6. The van der Waals surface area contributed by atoms with Crippen LogP contribution in [0.25, 0.3) is 0 Å². The van der Waals surface area contributed by atoms with Gasteiger partial charge in [-0.15, -0.1) is 0 Å². The van der Waals surface area contributed by atoms with Crippen LogP contribution in [-0.4, -0.2) is 51.4 Å². The lowest BCUT2D eigenvalue weighted by Gasteiger charge is -2.20. The van der Waals surface area contributed by atoms with Gasteiger partial charge in [-0.25, -0.2) is 0 Å². The van der Waals surface area contributed by atoms with E-state index >= 15 is 0 Å². The van der Waals surface area contributed by atoms with Gasteiger partial charge < -0.3 is 40.2 Å². The molecule has 0 saturated heterocycles. The third kappa shape index (κ3) is 8.92. The van der Waals surface area contributed by atoms with Crippen LogP contribution in [0.2, 0.25) is 0 Å². The number of ether oxygens (including phenoxy) is 4. The zero-order chi connectivity index (χ0) is 31.2. The van der Waals surface area contributed by atoms with Crippen molar-refractivity contribution in [3.8, 4) is 0 Å². The molecule has 0 unspecified atom stereocenters. The van der Waals surface area contributed by atoms with Crippen LogP contribution in [0, 0.1) is 0 Å². The number of fused-ring (bicyclic) bond motifs is 13. The van der Waals surface area contributed by atoms with Gasteiger partial charge in [0.25, 0.3) is 0 Å². The van der Waals surface area contributed by atoms with Crippen molar-refractivity contribution in [2.45, 2.75) is 26.4 Å². The summed E-state index contributed by atoms with van der Waals surface area (Å²) in [4.78, 5) is 9.70. The highest BCUT2D eigenvalue weighted by Crippen LogP contribution is 2.24. The van der Waals surface area contributed by atoms with E-state index in [0.29, 0.717) is 77.9 Å². The highest BCUT2D eigenvalue weighted by molar-refractivity contribution is 6.05. The van der Waals surface area contributed by atoms with Crippen LogP contribution in [0.1, 0.15) is 22.3 Å². The van der Waals surface area contributed by atoms with Crippen LogP contribution in [0.4, 0.5) is 22.7 Å². The zero-order valence-electron chi connectivity index (χ0n) is 25.8. The van der Waals surface area contributed by atoms with Gasteiger partial charge in [-0.1, -0.05) is 72.8 Å². The van der Waals surface area contributed by atoms with Crippen LogP contribution in [0.5, 0.6) is 0 Å². The lowest BCUT2D eigenvalue weighted by atomic mass is 10.1. The van der Waals surface area contributed by atoms with Gasteiger partial charge in [0.2, 0.25) is 0 Å². The summed E-state index contributed by atoms with van der Waals surface area (Å²) in [6.45, 7) is 4.40.